The summed E-state index contributed by atoms with van der Waals surface area (Å²) in [5.41, 5.74) is 0.984. The number of hydrogen-bond acceptors (Lipinski definition) is 2. The highest BCUT2D eigenvalue weighted by molar-refractivity contribution is 7.10. The Kier molecular flexibility index (Phi) is 2.87. The van der Waals surface area contributed by atoms with Crippen molar-refractivity contribution < 1.29 is 0 Å². The van der Waals surface area contributed by atoms with Crippen LogP contribution in [-0.2, 0) is 0 Å². The molecule has 18 heavy (non-hydrogen) atoms. The van der Waals surface area contributed by atoms with E-state index in [0.29, 0.717) is 22.9 Å². The predicted molar refractivity (Wildman–Crippen MR) is 78.9 cm³/mol. The monoisotopic (exact) mass is 263 g/mol. The molecule has 100 valence electrons. The largest absolute Gasteiger partial charge is 0.306 e. The van der Waals surface area contributed by atoms with Gasteiger partial charge in [0.25, 0.3) is 0 Å². The van der Waals surface area contributed by atoms with E-state index in [4.69, 9.17) is 0 Å². The van der Waals surface area contributed by atoms with Crippen molar-refractivity contribution in [2.75, 3.05) is 0 Å². The van der Waals surface area contributed by atoms with Gasteiger partial charge in [-0.3, -0.25) is 0 Å². The molecular weight excluding hydrogens is 238 g/mol. The molecule has 3 rings (SSSR count). The number of rotatable bonds is 3. The van der Waals surface area contributed by atoms with Gasteiger partial charge in [-0.2, -0.15) is 0 Å². The third-order valence-electron chi connectivity index (χ3n) is 5.66. The Hall–Kier alpha value is -0.340. The number of fused-ring (bicyclic) bond motifs is 2. The minimum absolute atomic E-state index is 0.457. The van der Waals surface area contributed by atoms with Crippen LogP contribution < -0.4 is 5.32 Å². The maximum absolute atomic E-state index is 3.95. The summed E-state index contributed by atoms with van der Waals surface area (Å²) in [6.07, 6.45) is 4.28. The number of hydrogen-bond donors (Lipinski definition) is 1. The van der Waals surface area contributed by atoms with E-state index in [-0.39, 0.29) is 0 Å². The van der Waals surface area contributed by atoms with Crippen LogP contribution in [0.1, 0.15) is 57.9 Å². The Morgan fingerprint density at radius 2 is 2.17 bits per heavy atom. The van der Waals surface area contributed by atoms with Gasteiger partial charge in [-0.25, -0.2) is 0 Å². The maximum Gasteiger partial charge on any atom is 0.0388 e. The van der Waals surface area contributed by atoms with Gasteiger partial charge in [0.1, 0.15) is 0 Å². The van der Waals surface area contributed by atoms with Crippen LogP contribution in [0.5, 0.6) is 0 Å². The lowest BCUT2D eigenvalue weighted by molar-refractivity contribution is 0.101. The van der Waals surface area contributed by atoms with Crippen LogP contribution in [-0.4, -0.2) is 6.04 Å². The Morgan fingerprint density at radius 1 is 1.39 bits per heavy atom. The average Bonchev–Trinajstić information content (AvgIpc) is 2.96. The summed E-state index contributed by atoms with van der Waals surface area (Å²) in [5, 5.41) is 6.14. The van der Waals surface area contributed by atoms with Crippen LogP contribution in [0.2, 0.25) is 0 Å². The van der Waals surface area contributed by atoms with Gasteiger partial charge in [-0.1, -0.05) is 26.8 Å². The Bertz CT molecular complexity index is 418. The molecule has 0 saturated heterocycles. The predicted octanol–water partition coefficient (Wildman–Crippen LogP) is 4.61. The maximum atomic E-state index is 3.95. The first kappa shape index (κ1) is 12.7. The minimum atomic E-state index is 0.457. The zero-order valence-corrected chi connectivity index (χ0v) is 12.8. The van der Waals surface area contributed by atoms with Crippen molar-refractivity contribution in [1.29, 1.82) is 0 Å². The van der Waals surface area contributed by atoms with Crippen molar-refractivity contribution in [3.05, 3.63) is 22.4 Å². The zero-order valence-electron chi connectivity index (χ0n) is 12.0. The molecule has 4 unspecified atom stereocenters. The van der Waals surface area contributed by atoms with E-state index in [0.717, 1.165) is 5.92 Å². The first-order valence-corrected chi connectivity index (χ1v) is 8.11. The van der Waals surface area contributed by atoms with Crippen LogP contribution in [0, 0.1) is 16.7 Å². The van der Waals surface area contributed by atoms with E-state index >= 15 is 0 Å². The second kappa shape index (κ2) is 4.08. The van der Waals surface area contributed by atoms with Crippen molar-refractivity contribution >= 4 is 11.3 Å². The van der Waals surface area contributed by atoms with E-state index in [1.54, 1.807) is 0 Å². The van der Waals surface area contributed by atoms with Gasteiger partial charge in [0.15, 0.2) is 0 Å². The molecule has 0 amide bonds. The molecule has 1 N–H and O–H groups in total. The van der Waals surface area contributed by atoms with Crippen LogP contribution in [0.3, 0.4) is 0 Å². The van der Waals surface area contributed by atoms with E-state index in [9.17, 15) is 0 Å². The Labute approximate surface area is 115 Å². The molecule has 2 bridgehead atoms. The molecule has 1 nitrogen and oxygen atoms in total. The summed E-state index contributed by atoms with van der Waals surface area (Å²) in [6, 6.07) is 5.57. The molecule has 0 aromatic carbocycles. The zero-order chi connectivity index (χ0) is 13.0. The van der Waals surface area contributed by atoms with Gasteiger partial charge < -0.3 is 5.32 Å². The third-order valence-corrected chi connectivity index (χ3v) is 6.71. The standard InChI is InChI=1S/C16H25NS/c1-11(13-6-5-9-18-13)17-14-15(2,3)12-7-8-16(14,4)10-12/h5-6,9,11-12,14,17H,7-8,10H2,1-4H3. The molecule has 0 spiro atoms. The molecule has 2 saturated carbocycles. The lowest BCUT2D eigenvalue weighted by atomic mass is 9.68. The summed E-state index contributed by atoms with van der Waals surface area (Å²) in [6.45, 7) is 9.76. The molecule has 2 aliphatic rings. The Balaban J connectivity index is 1.80. The summed E-state index contributed by atoms with van der Waals surface area (Å²) in [4.78, 5) is 1.47. The van der Waals surface area contributed by atoms with Crippen molar-refractivity contribution in [3.8, 4) is 0 Å². The van der Waals surface area contributed by atoms with Crippen LogP contribution >= 0.6 is 11.3 Å². The summed E-state index contributed by atoms with van der Waals surface area (Å²) in [5.74, 6) is 0.926. The van der Waals surface area contributed by atoms with Crippen molar-refractivity contribution in [1.82, 2.24) is 5.32 Å². The number of nitrogens with one attached hydrogen (secondary N) is 1. The van der Waals surface area contributed by atoms with Crippen LogP contribution in [0.4, 0.5) is 0 Å². The molecular formula is C16H25NS. The molecule has 2 aliphatic carbocycles. The third kappa shape index (κ3) is 1.77. The lowest BCUT2D eigenvalue weighted by Crippen LogP contribution is -2.50. The van der Waals surface area contributed by atoms with E-state index < -0.39 is 0 Å². The molecule has 4 atom stereocenters. The second-order valence-corrected chi connectivity index (χ2v) is 8.23. The minimum Gasteiger partial charge on any atom is -0.306 e. The molecule has 1 heterocycles. The topological polar surface area (TPSA) is 12.0 Å². The molecule has 2 fully saturated rings. The molecule has 0 aliphatic heterocycles. The van der Waals surface area contributed by atoms with Crippen molar-refractivity contribution in [2.45, 2.75) is 59.0 Å². The van der Waals surface area contributed by atoms with Crippen molar-refractivity contribution in [3.63, 3.8) is 0 Å². The smallest absolute Gasteiger partial charge is 0.0388 e. The summed E-state index contributed by atoms with van der Waals surface area (Å²) < 4.78 is 0. The van der Waals surface area contributed by atoms with Gasteiger partial charge in [-0.05, 0) is 54.4 Å². The first-order chi connectivity index (χ1) is 8.43. The normalized spacial score (nSPS) is 39.1. The molecule has 1 aromatic heterocycles. The fourth-order valence-corrected chi connectivity index (χ4v) is 5.33. The summed E-state index contributed by atoms with van der Waals surface area (Å²) >= 11 is 1.87. The summed E-state index contributed by atoms with van der Waals surface area (Å²) in [7, 11) is 0. The van der Waals surface area contributed by atoms with Gasteiger partial charge in [0.2, 0.25) is 0 Å². The molecule has 1 aromatic rings. The van der Waals surface area contributed by atoms with Crippen molar-refractivity contribution in [2.24, 2.45) is 16.7 Å². The van der Waals surface area contributed by atoms with E-state index in [1.165, 1.54) is 24.1 Å². The highest BCUT2D eigenvalue weighted by Gasteiger charge is 2.59. The second-order valence-electron chi connectivity index (χ2n) is 7.25. The molecule has 0 radical (unpaired) electrons. The van der Waals surface area contributed by atoms with Gasteiger partial charge in [0.05, 0.1) is 0 Å². The van der Waals surface area contributed by atoms with E-state index in [2.05, 4.69) is 50.5 Å². The van der Waals surface area contributed by atoms with Crippen LogP contribution in [0.15, 0.2) is 17.5 Å². The SMILES string of the molecule is CC(NC1C2(C)CCC(C2)C1(C)C)c1cccs1. The molecule has 2 heteroatoms. The number of thiophene rings is 1. The highest BCUT2D eigenvalue weighted by atomic mass is 32.1. The van der Waals surface area contributed by atoms with Gasteiger partial charge in [-0.15, -0.1) is 11.3 Å². The average molecular weight is 263 g/mol. The fraction of sp³-hybridized carbons (Fsp3) is 0.750. The lowest BCUT2D eigenvalue weighted by Gasteiger charge is -2.44. The van der Waals surface area contributed by atoms with Crippen LogP contribution in [0.25, 0.3) is 0 Å². The van der Waals surface area contributed by atoms with Gasteiger partial charge in [0, 0.05) is 17.0 Å². The fourth-order valence-electron chi connectivity index (χ4n) is 4.59. The van der Waals surface area contributed by atoms with Gasteiger partial charge >= 0.3 is 0 Å². The quantitative estimate of drug-likeness (QED) is 0.839. The van der Waals surface area contributed by atoms with E-state index in [1.807, 2.05) is 11.3 Å². The first-order valence-electron chi connectivity index (χ1n) is 7.23. The highest BCUT2D eigenvalue weighted by Crippen LogP contribution is 2.62. The Morgan fingerprint density at radius 3 is 2.72 bits per heavy atom.